The van der Waals surface area contributed by atoms with Crippen LogP contribution < -0.4 is 4.74 Å². The maximum atomic E-state index is 10.2. The predicted octanol–water partition coefficient (Wildman–Crippen LogP) is 4.92. The van der Waals surface area contributed by atoms with Crippen molar-refractivity contribution in [3.63, 3.8) is 0 Å². The largest absolute Gasteiger partial charge is 0.507 e. The van der Waals surface area contributed by atoms with Crippen LogP contribution in [0.1, 0.15) is 58.9 Å². The number of benzene rings is 1. The second kappa shape index (κ2) is 5.28. The molecular formula is C17H24O2. The zero-order valence-electron chi connectivity index (χ0n) is 12.4. The Bertz CT molecular complexity index is 496. The van der Waals surface area contributed by atoms with Crippen LogP contribution in [-0.4, -0.2) is 10.7 Å². The third-order valence-corrected chi connectivity index (χ3v) is 4.37. The highest BCUT2D eigenvalue weighted by molar-refractivity contribution is 5.80. The maximum Gasteiger partial charge on any atom is 0.131 e. The third kappa shape index (κ3) is 2.03. The van der Waals surface area contributed by atoms with E-state index < -0.39 is 0 Å². The summed E-state index contributed by atoms with van der Waals surface area (Å²) in [6, 6.07) is 5.57. The van der Waals surface area contributed by atoms with Crippen molar-refractivity contribution in [1.82, 2.24) is 0 Å². The minimum atomic E-state index is -0.194. The highest BCUT2D eigenvalue weighted by Crippen LogP contribution is 2.49. The second-order valence-electron chi connectivity index (χ2n) is 5.12. The fourth-order valence-corrected chi connectivity index (χ4v) is 3.35. The lowest BCUT2D eigenvalue weighted by Crippen LogP contribution is -2.40. The monoisotopic (exact) mass is 260 g/mol. The van der Waals surface area contributed by atoms with Gasteiger partial charge in [-0.15, -0.1) is 0 Å². The Morgan fingerprint density at radius 3 is 2.26 bits per heavy atom. The van der Waals surface area contributed by atoms with E-state index in [4.69, 9.17) is 4.74 Å². The number of phenolic OH excluding ortho intramolecular Hbond substituents is 1. The molecule has 0 fully saturated rings. The Morgan fingerprint density at radius 2 is 1.74 bits per heavy atom. The predicted molar refractivity (Wildman–Crippen MR) is 79.5 cm³/mol. The average Bonchev–Trinajstić information content (AvgIpc) is 2.45. The van der Waals surface area contributed by atoms with E-state index in [9.17, 15) is 5.11 Å². The Kier molecular flexibility index (Phi) is 3.88. The summed E-state index contributed by atoms with van der Waals surface area (Å²) in [6.45, 7) is 8.70. The number of allylic oxidation sites excluding steroid dienone is 1. The van der Waals surface area contributed by atoms with Crippen LogP contribution in [0.3, 0.4) is 0 Å². The summed E-state index contributed by atoms with van der Waals surface area (Å²) < 4.78 is 6.32. The molecule has 0 atom stereocenters. The van der Waals surface area contributed by atoms with Crippen molar-refractivity contribution in [2.24, 2.45) is 0 Å². The number of hydrogen-bond acceptors (Lipinski definition) is 2. The van der Waals surface area contributed by atoms with E-state index in [1.807, 2.05) is 12.1 Å². The summed E-state index contributed by atoms with van der Waals surface area (Å²) >= 11 is 0. The van der Waals surface area contributed by atoms with E-state index >= 15 is 0 Å². The fourth-order valence-electron chi connectivity index (χ4n) is 3.35. The minimum Gasteiger partial charge on any atom is -0.507 e. The van der Waals surface area contributed by atoms with Crippen molar-refractivity contribution < 1.29 is 9.84 Å². The van der Waals surface area contributed by atoms with Crippen LogP contribution >= 0.6 is 0 Å². The van der Waals surface area contributed by atoms with Crippen molar-refractivity contribution in [1.29, 1.82) is 0 Å². The molecule has 0 unspecified atom stereocenters. The molecule has 1 aliphatic heterocycles. The van der Waals surface area contributed by atoms with E-state index in [2.05, 4.69) is 27.7 Å². The van der Waals surface area contributed by atoms with Crippen molar-refractivity contribution >= 4 is 5.57 Å². The first kappa shape index (κ1) is 14.0. The molecule has 1 heterocycles. The topological polar surface area (TPSA) is 29.5 Å². The molecule has 0 amide bonds. The first-order valence-electron chi connectivity index (χ1n) is 7.37. The third-order valence-electron chi connectivity index (χ3n) is 4.37. The van der Waals surface area contributed by atoms with Crippen LogP contribution in [0.5, 0.6) is 11.5 Å². The summed E-state index contributed by atoms with van der Waals surface area (Å²) in [5.74, 6) is 1.17. The van der Waals surface area contributed by atoms with Gasteiger partial charge in [0, 0.05) is 0 Å². The normalized spacial score (nSPS) is 17.1. The lowest BCUT2D eigenvalue weighted by molar-refractivity contribution is 0.0906. The summed E-state index contributed by atoms with van der Waals surface area (Å²) in [5.41, 5.74) is 3.33. The molecule has 0 aromatic heterocycles. The molecule has 19 heavy (non-hydrogen) atoms. The quantitative estimate of drug-likeness (QED) is 0.832. The fraction of sp³-hybridized carbons (Fsp3) is 0.529. The van der Waals surface area contributed by atoms with E-state index in [1.165, 1.54) is 11.1 Å². The van der Waals surface area contributed by atoms with Gasteiger partial charge in [-0.3, -0.25) is 0 Å². The van der Waals surface area contributed by atoms with Gasteiger partial charge in [0.05, 0.1) is 5.56 Å². The molecule has 1 aromatic rings. The molecule has 2 heteroatoms. The van der Waals surface area contributed by atoms with E-state index in [-0.39, 0.29) is 5.60 Å². The number of fused-ring (bicyclic) bond motifs is 1. The molecule has 1 aliphatic rings. The number of phenols is 1. The van der Waals surface area contributed by atoms with Gasteiger partial charge in [-0.05, 0) is 49.0 Å². The molecular weight excluding hydrogens is 236 g/mol. The number of aromatic hydroxyl groups is 1. The maximum absolute atomic E-state index is 10.2. The Morgan fingerprint density at radius 1 is 1.05 bits per heavy atom. The smallest absolute Gasteiger partial charge is 0.131 e. The number of hydrogen-bond donors (Lipinski definition) is 1. The van der Waals surface area contributed by atoms with Crippen molar-refractivity contribution in [3.8, 4) is 11.5 Å². The standard InChI is InChI=1S/C17H24O2/c1-5-12-13(6-2)17(7-3,8-4)19-15-11-9-10-14(18)16(12)15/h9-11,18H,5-8H2,1-4H3. The Labute approximate surface area is 116 Å². The average molecular weight is 260 g/mol. The van der Waals surface area contributed by atoms with Gasteiger partial charge in [0.25, 0.3) is 0 Å². The molecule has 0 radical (unpaired) electrons. The van der Waals surface area contributed by atoms with Crippen LogP contribution in [0, 0.1) is 0 Å². The first-order valence-corrected chi connectivity index (χ1v) is 7.37. The van der Waals surface area contributed by atoms with Gasteiger partial charge in [-0.25, -0.2) is 0 Å². The number of rotatable bonds is 4. The molecule has 0 aliphatic carbocycles. The molecule has 2 rings (SSSR count). The summed E-state index contributed by atoms with van der Waals surface area (Å²) in [6.07, 6.45) is 3.83. The molecule has 2 nitrogen and oxygen atoms in total. The highest BCUT2D eigenvalue weighted by atomic mass is 16.5. The van der Waals surface area contributed by atoms with Crippen LogP contribution in [0.2, 0.25) is 0 Å². The number of ether oxygens (including phenoxy) is 1. The molecule has 0 saturated carbocycles. The van der Waals surface area contributed by atoms with Crippen molar-refractivity contribution in [2.45, 2.75) is 59.0 Å². The van der Waals surface area contributed by atoms with Gasteiger partial charge in [0.15, 0.2) is 0 Å². The highest BCUT2D eigenvalue weighted by Gasteiger charge is 2.39. The van der Waals surface area contributed by atoms with E-state index in [0.717, 1.165) is 37.0 Å². The van der Waals surface area contributed by atoms with Crippen LogP contribution in [-0.2, 0) is 0 Å². The minimum absolute atomic E-state index is 0.194. The summed E-state index contributed by atoms with van der Waals surface area (Å²) in [7, 11) is 0. The lowest BCUT2D eigenvalue weighted by Gasteiger charge is -2.41. The SMILES string of the molecule is CCC1=C(CC)C(CC)(CC)Oc2cccc(O)c21. The zero-order chi connectivity index (χ0) is 14.0. The lowest BCUT2D eigenvalue weighted by atomic mass is 9.78. The molecule has 0 saturated heterocycles. The zero-order valence-corrected chi connectivity index (χ0v) is 12.4. The van der Waals surface area contributed by atoms with E-state index in [1.54, 1.807) is 6.07 Å². The summed E-state index contributed by atoms with van der Waals surface area (Å²) in [5, 5.41) is 10.2. The van der Waals surface area contributed by atoms with Gasteiger partial charge >= 0.3 is 0 Å². The Hall–Kier alpha value is -1.44. The van der Waals surface area contributed by atoms with Crippen LogP contribution in [0.4, 0.5) is 0 Å². The van der Waals surface area contributed by atoms with Gasteiger partial charge < -0.3 is 9.84 Å². The van der Waals surface area contributed by atoms with Crippen LogP contribution in [0.25, 0.3) is 5.57 Å². The van der Waals surface area contributed by atoms with Crippen LogP contribution in [0.15, 0.2) is 23.8 Å². The molecule has 1 N–H and O–H groups in total. The van der Waals surface area contributed by atoms with Gasteiger partial charge in [-0.2, -0.15) is 0 Å². The molecule has 104 valence electrons. The first-order chi connectivity index (χ1) is 9.13. The van der Waals surface area contributed by atoms with Crippen molar-refractivity contribution in [3.05, 3.63) is 29.3 Å². The summed E-state index contributed by atoms with van der Waals surface area (Å²) in [4.78, 5) is 0. The van der Waals surface area contributed by atoms with E-state index in [0.29, 0.717) is 5.75 Å². The molecule has 0 spiro atoms. The van der Waals surface area contributed by atoms with Crippen molar-refractivity contribution in [2.75, 3.05) is 0 Å². The second-order valence-corrected chi connectivity index (χ2v) is 5.12. The molecule has 0 bridgehead atoms. The van der Waals surface area contributed by atoms with Gasteiger partial charge in [0.1, 0.15) is 17.1 Å². The molecule has 1 aromatic carbocycles. The Balaban J connectivity index is 2.73. The van der Waals surface area contributed by atoms with Gasteiger partial charge in [-0.1, -0.05) is 33.8 Å². The van der Waals surface area contributed by atoms with Gasteiger partial charge in [0.2, 0.25) is 0 Å².